The number of carbonyl (C=O) groups is 1. The molecule has 1 aliphatic heterocycles. The number of hydrogen-bond acceptors (Lipinski definition) is 3. The van der Waals surface area contributed by atoms with Gasteiger partial charge in [-0.3, -0.25) is 9.79 Å². The van der Waals surface area contributed by atoms with Crippen LogP contribution in [0.4, 0.5) is 0 Å². The third-order valence-electron chi connectivity index (χ3n) is 5.51. The van der Waals surface area contributed by atoms with Crippen molar-refractivity contribution in [1.29, 1.82) is 0 Å². The van der Waals surface area contributed by atoms with E-state index < -0.39 is 0 Å². The first-order valence-corrected chi connectivity index (χ1v) is 9.85. The SMILES string of the molecule is CCNC(=NCC1CCCCC1C)N1CCC(C(=O)OCC)CC1. The summed E-state index contributed by atoms with van der Waals surface area (Å²) >= 11 is 0. The number of guanidine groups is 1. The fraction of sp³-hybridized carbons (Fsp3) is 0.895. The van der Waals surface area contributed by atoms with E-state index in [0.717, 1.165) is 56.8 Å². The van der Waals surface area contributed by atoms with Crippen molar-refractivity contribution in [2.45, 2.75) is 59.3 Å². The standard InChI is InChI=1S/C19H35N3O2/c1-4-20-19(21-14-17-9-7-6-8-15(17)3)22-12-10-16(11-13-22)18(23)24-5-2/h15-17H,4-14H2,1-3H3,(H,20,21). The Morgan fingerprint density at radius 2 is 1.88 bits per heavy atom. The van der Waals surface area contributed by atoms with Gasteiger partial charge in [0.1, 0.15) is 0 Å². The maximum absolute atomic E-state index is 11.9. The molecule has 1 heterocycles. The Kier molecular flexibility index (Phi) is 7.86. The van der Waals surface area contributed by atoms with Gasteiger partial charge in [-0.15, -0.1) is 0 Å². The first-order chi connectivity index (χ1) is 11.7. The highest BCUT2D eigenvalue weighted by molar-refractivity contribution is 5.80. The van der Waals surface area contributed by atoms with Crippen LogP contribution in [-0.4, -0.2) is 49.6 Å². The third kappa shape index (κ3) is 5.38. The molecule has 0 bridgehead atoms. The van der Waals surface area contributed by atoms with Crippen LogP contribution in [0.5, 0.6) is 0 Å². The molecule has 24 heavy (non-hydrogen) atoms. The molecule has 0 radical (unpaired) electrons. The van der Waals surface area contributed by atoms with Gasteiger partial charge in [-0.05, 0) is 44.9 Å². The fourth-order valence-corrected chi connectivity index (χ4v) is 3.88. The molecule has 2 unspecified atom stereocenters. The fourth-order valence-electron chi connectivity index (χ4n) is 3.88. The van der Waals surface area contributed by atoms with E-state index in [0.29, 0.717) is 6.61 Å². The van der Waals surface area contributed by atoms with Gasteiger partial charge >= 0.3 is 5.97 Å². The van der Waals surface area contributed by atoms with Crippen LogP contribution in [0.2, 0.25) is 0 Å². The Bertz CT molecular complexity index is 417. The van der Waals surface area contributed by atoms with E-state index in [2.05, 4.69) is 24.1 Å². The van der Waals surface area contributed by atoms with E-state index in [-0.39, 0.29) is 11.9 Å². The minimum absolute atomic E-state index is 0.0323. The molecule has 1 N–H and O–H groups in total. The molecule has 0 aromatic heterocycles. The topological polar surface area (TPSA) is 53.9 Å². The van der Waals surface area contributed by atoms with Gasteiger partial charge in [-0.1, -0.05) is 26.2 Å². The minimum atomic E-state index is -0.0323. The molecule has 2 fully saturated rings. The lowest BCUT2D eigenvalue weighted by Gasteiger charge is -2.34. The Morgan fingerprint density at radius 3 is 2.50 bits per heavy atom. The van der Waals surface area contributed by atoms with Gasteiger partial charge in [0.2, 0.25) is 0 Å². The zero-order valence-corrected chi connectivity index (χ0v) is 15.7. The lowest BCUT2D eigenvalue weighted by atomic mass is 9.80. The summed E-state index contributed by atoms with van der Waals surface area (Å²) in [5.74, 6) is 2.57. The third-order valence-corrected chi connectivity index (χ3v) is 5.51. The Balaban J connectivity index is 1.88. The van der Waals surface area contributed by atoms with E-state index in [4.69, 9.17) is 9.73 Å². The summed E-state index contributed by atoms with van der Waals surface area (Å²) in [5, 5.41) is 3.44. The predicted molar refractivity (Wildman–Crippen MR) is 98.0 cm³/mol. The molecule has 2 aliphatic rings. The molecule has 1 saturated carbocycles. The van der Waals surface area contributed by atoms with Gasteiger partial charge < -0.3 is 15.0 Å². The van der Waals surface area contributed by atoms with Gasteiger partial charge in [0.15, 0.2) is 5.96 Å². The van der Waals surface area contributed by atoms with Gasteiger partial charge in [0.05, 0.1) is 12.5 Å². The van der Waals surface area contributed by atoms with Crippen molar-refractivity contribution in [3.05, 3.63) is 0 Å². The van der Waals surface area contributed by atoms with Crippen molar-refractivity contribution in [3.8, 4) is 0 Å². The first-order valence-electron chi connectivity index (χ1n) is 9.85. The molecule has 138 valence electrons. The number of ether oxygens (including phenoxy) is 1. The molecule has 0 aromatic rings. The molecule has 5 heteroatoms. The number of esters is 1. The van der Waals surface area contributed by atoms with Crippen LogP contribution in [0.15, 0.2) is 4.99 Å². The zero-order chi connectivity index (χ0) is 17.4. The first kappa shape index (κ1) is 19.1. The van der Waals surface area contributed by atoms with Crippen molar-refractivity contribution in [2.24, 2.45) is 22.7 Å². The highest BCUT2D eigenvalue weighted by Gasteiger charge is 2.28. The smallest absolute Gasteiger partial charge is 0.309 e. The highest BCUT2D eigenvalue weighted by Crippen LogP contribution is 2.29. The Labute approximate surface area is 147 Å². The molecule has 1 saturated heterocycles. The van der Waals surface area contributed by atoms with Crippen LogP contribution >= 0.6 is 0 Å². The second-order valence-electron chi connectivity index (χ2n) is 7.23. The van der Waals surface area contributed by atoms with Crippen LogP contribution in [0, 0.1) is 17.8 Å². The molecular weight excluding hydrogens is 302 g/mol. The van der Waals surface area contributed by atoms with Crippen molar-refractivity contribution in [1.82, 2.24) is 10.2 Å². The number of aliphatic imine (C=N–C) groups is 1. The van der Waals surface area contributed by atoms with Crippen LogP contribution in [-0.2, 0) is 9.53 Å². The largest absolute Gasteiger partial charge is 0.466 e. The summed E-state index contributed by atoms with van der Waals surface area (Å²) in [6.45, 7) is 10.4. The minimum Gasteiger partial charge on any atom is -0.466 e. The Morgan fingerprint density at radius 1 is 1.17 bits per heavy atom. The van der Waals surface area contributed by atoms with E-state index in [1.807, 2.05) is 6.92 Å². The molecule has 0 spiro atoms. The monoisotopic (exact) mass is 337 g/mol. The summed E-state index contributed by atoms with van der Waals surface area (Å²) < 4.78 is 5.16. The van der Waals surface area contributed by atoms with Crippen LogP contribution in [0.25, 0.3) is 0 Å². The lowest BCUT2D eigenvalue weighted by Crippen LogP contribution is -2.47. The van der Waals surface area contributed by atoms with E-state index in [1.54, 1.807) is 0 Å². The van der Waals surface area contributed by atoms with E-state index in [9.17, 15) is 4.79 Å². The maximum atomic E-state index is 11.9. The molecule has 0 amide bonds. The zero-order valence-electron chi connectivity index (χ0n) is 15.7. The summed E-state index contributed by atoms with van der Waals surface area (Å²) in [6.07, 6.45) is 7.12. The number of hydrogen-bond donors (Lipinski definition) is 1. The summed E-state index contributed by atoms with van der Waals surface area (Å²) in [5.41, 5.74) is 0. The van der Waals surface area contributed by atoms with E-state index in [1.165, 1.54) is 25.7 Å². The molecular formula is C19H35N3O2. The summed E-state index contributed by atoms with van der Waals surface area (Å²) in [4.78, 5) is 19.1. The van der Waals surface area contributed by atoms with Crippen molar-refractivity contribution in [2.75, 3.05) is 32.8 Å². The van der Waals surface area contributed by atoms with Crippen LogP contribution in [0.3, 0.4) is 0 Å². The number of nitrogens with one attached hydrogen (secondary N) is 1. The Hall–Kier alpha value is -1.26. The number of rotatable bonds is 5. The highest BCUT2D eigenvalue weighted by atomic mass is 16.5. The average Bonchev–Trinajstić information content (AvgIpc) is 2.60. The molecule has 0 aromatic carbocycles. The molecule has 2 rings (SSSR count). The number of likely N-dealkylation sites (tertiary alicyclic amines) is 1. The second kappa shape index (κ2) is 9.90. The quantitative estimate of drug-likeness (QED) is 0.476. The van der Waals surface area contributed by atoms with Gasteiger partial charge in [0, 0.05) is 26.2 Å². The van der Waals surface area contributed by atoms with Crippen LogP contribution < -0.4 is 5.32 Å². The number of nitrogens with zero attached hydrogens (tertiary/aromatic N) is 2. The van der Waals surface area contributed by atoms with Crippen molar-refractivity contribution in [3.63, 3.8) is 0 Å². The average molecular weight is 338 g/mol. The number of carbonyl (C=O) groups excluding carboxylic acids is 1. The van der Waals surface area contributed by atoms with Crippen molar-refractivity contribution < 1.29 is 9.53 Å². The molecule has 1 aliphatic carbocycles. The van der Waals surface area contributed by atoms with Gasteiger partial charge in [-0.2, -0.15) is 0 Å². The summed E-state index contributed by atoms with van der Waals surface area (Å²) in [7, 11) is 0. The summed E-state index contributed by atoms with van der Waals surface area (Å²) in [6, 6.07) is 0. The van der Waals surface area contributed by atoms with E-state index >= 15 is 0 Å². The van der Waals surface area contributed by atoms with Gasteiger partial charge in [0.25, 0.3) is 0 Å². The maximum Gasteiger partial charge on any atom is 0.309 e. The number of piperidine rings is 1. The normalized spacial score (nSPS) is 26.3. The van der Waals surface area contributed by atoms with Gasteiger partial charge in [-0.25, -0.2) is 0 Å². The molecule has 5 nitrogen and oxygen atoms in total. The molecule has 2 atom stereocenters. The van der Waals surface area contributed by atoms with Crippen LogP contribution in [0.1, 0.15) is 59.3 Å². The van der Waals surface area contributed by atoms with Crippen molar-refractivity contribution >= 4 is 11.9 Å². The second-order valence-corrected chi connectivity index (χ2v) is 7.23. The predicted octanol–water partition coefficient (Wildman–Crippen LogP) is 3.05. The lowest BCUT2D eigenvalue weighted by molar-refractivity contribution is -0.149.